The van der Waals surface area contributed by atoms with E-state index in [2.05, 4.69) is 55.4 Å². The molecule has 5 rings (SSSR count). The van der Waals surface area contributed by atoms with E-state index in [0.717, 1.165) is 58.9 Å². The minimum Gasteiger partial charge on any atom is -0.497 e. The Hall–Kier alpha value is -3.05. The predicted molar refractivity (Wildman–Crippen MR) is 308 cm³/mol. The highest BCUT2D eigenvalue weighted by atomic mass is 28.4. The maximum Gasteiger partial charge on any atom is 0.305 e. The van der Waals surface area contributed by atoms with Gasteiger partial charge < -0.3 is 61.7 Å². The first-order chi connectivity index (χ1) is 37.0. The van der Waals surface area contributed by atoms with Crippen molar-refractivity contribution in [2.75, 3.05) is 28.4 Å². The zero-order valence-corrected chi connectivity index (χ0v) is 52.2. The molecule has 0 radical (unpaired) electrons. The molecule has 78 heavy (non-hydrogen) atoms. The Labute approximate surface area is 470 Å². The number of Topliss-reactive ketones (excluding diaryl/α,β-unsaturated/α-hetero) is 1. The number of ketones is 1. The summed E-state index contributed by atoms with van der Waals surface area (Å²) in [6.07, 6.45) is 3.01. The van der Waals surface area contributed by atoms with Crippen LogP contribution in [-0.2, 0) is 64.8 Å². The normalized spacial score (nSPS) is 27.4. The number of aliphatic hydroxyl groups excluding tert-OH is 1. The molecule has 2 aromatic rings. The van der Waals surface area contributed by atoms with Crippen molar-refractivity contribution in [1.29, 1.82) is 0 Å². The summed E-state index contributed by atoms with van der Waals surface area (Å²) in [6, 6.07) is 21.1. The Morgan fingerprint density at radius 3 is 1.87 bits per heavy atom. The Morgan fingerprint density at radius 2 is 1.35 bits per heavy atom. The maximum absolute atomic E-state index is 14.2. The number of methoxy groups -OCH3 is 4. The van der Waals surface area contributed by atoms with Gasteiger partial charge in [-0.1, -0.05) is 106 Å². The number of aliphatic carboxylic acids is 1. The number of hydrogen-bond acceptors (Lipinski definition) is 14. The van der Waals surface area contributed by atoms with E-state index >= 15 is 0 Å². The molecule has 0 bridgehead atoms. The van der Waals surface area contributed by atoms with Gasteiger partial charge in [0.15, 0.2) is 28.2 Å². The lowest BCUT2D eigenvalue weighted by molar-refractivity contribution is -0.363. The highest BCUT2D eigenvalue weighted by molar-refractivity contribution is 6.74. The summed E-state index contributed by atoms with van der Waals surface area (Å²) in [7, 11) is 2.13. The molecule has 0 spiro atoms. The number of benzene rings is 2. The fourth-order valence-corrected chi connectivity index (χ4v) is 18.0. The molecule has 3 aliphatic heterocycles. The van der Waals surface area contributed by atoms with Crippen molar-refractivity contribution in [2.45, 2.75) is 250 Å². The Kier molecular flexibility index (Phi) is 24.7. The van der Waals surface area contributed by atoms with E-state index in [0.29, 0.717) is 51.7 Å². The Morgan fingerprint density at radius 1 is 0.769 bits per heavy atom. The summed E-state index contributed by atoms with van der Waals surface area (Å²) in [5.41, 5.74) is 0.227. The lowest BCUT2D eigenvalue weighted by Crippen LogP contribution is -2.63. The molecule has 3 heterocycles. The first-order valence-corrected chi connectivity index (χ1v) is 34.2. The van der Waals surface area contributed by atoms with E-state index in [-0.39, 0.29) is 37.3 Å². The summed E-state index contributed by atoms with van der Waals surface area (Å²) in [5.74, 6) is -2.44. The number of rotatable bonds is 32. The molecule has 2 aromatic carbocycles. The third-order valence-electron chi connectivity index (χ3n) is 18.0. The maximum atomic E-state index is 14.2. The molecule has 442 valence electrons. The second kappa shape index (κ2) is 29.3. The van der Waals surface area contributed by atoms with Gasteiger partial charge in [-0.15, -0.1) is 0 Å². The quantitative estimate of drug-likeness (QED) is 0.0522. The smallest absolute Gasteiger partial charge is 0.305 e. The van der Waals surface area contributed by atoms with Crippen molar-refractivity contribution in [3.8, 4) is 11.5 Å². The van der Waals surface area contributed by atoms with Crippen molar-refractivity contribution >= 4 is 28.4 Å². The SMILES string of the molecule is CC[Si](CC)(CC)O[C@@H](CC(=O)O)C[C@@H]1C[C@H](OCc2ccc(OC)cc2)C(C)(C)[C@@](C[C@@H]2C[C@H](O[Si](CC)(CC)CC)C[C@H](/C=C/C(C)(C)[C@]3(OC)O[C@H](C[C@@H](O)[C@@H](C)OCc4ccc(OC)cc4)CCC3=O)O2)(OC)O1. The van der Waals surface area contributed by atoms with Crippen molar-refractivity contribution in [3.63, 3.8) is 0 Å². The van der Waals surface area contributed by atoms with E-state index < -0.39 is 87.7 Å². The molecule has 2 N–H and O–H groups in total. The number of carbonyl (C=O) groups is 2. The average Bonchev–Trinajstić information content (AvgIpc) is 3.49. The van der Waals surface area contributed by atoms with Crippen molar-refractivity contribution in [1.82, 2.24) is 0 Å². The third kappa shape index (κ3) is 16.1. The zero-order chi connectivity index (χ0) is 57.5. The van der Waals surface area contributed by atoms with Crippen molar-refractivity contribution in [3.05, 3.63) is 71.8 Å². The fraction of sp³-hybridized carbons (Fsp3) is 0.738. The molecule has 3 aliphatic rings. The van der Waals surface area contributed by atoms with Crippen LogP contribution in [0.15, 0.2) is 60.7 Å². The van der Waals surface area contributed by atoms with Crippen LogP contribution in [0.5, 0.6) is 11.5 Å². The van der Waals surface area contributed by atoms with Crippen LogP contribution in [0.1, 0.15) is 145 Å². The molecule has 0 aliphatic carbocycles. The topological polar surface area (TPSA) is 176 Å². The first kappa shape index (κ1) is 65.8. The molecule has 3 fully saturated rings. The number of ether oxygens (including phenoxy) is 9. The second-order valence-corrected chi connectivity index (χ2v) is 32.8. The van der Waals surface area contributed by atoms with Gasteiger partial charge in [0.1, 0.15) is 11.5 Å². The number of carboxylic acid groups (broad SMARTS) is 1. The predicted octanol–water partition coefficient (Wildman–Crippen LogP) is 12.4. The van der Waals surface area contributed by atoms with Crippen LogP contribution in [0, 0.1) is 10.8 Å². The van der Waals surface area contributed by atoms with Gasteiger partial charge in [-0.25, -0.2) is 0 Å². The van der Waals surface area contributed by atoms with Gasteiger partial charge >= 0.3 is 5.97 Å². The van der Waals surface area contributed by atoms with Gasteiger partial charge in [0, 0.05) is 57.2 Å². The van der Waals surface area contributed by atoms with Crippen LogP contribution in [0.2, 0.25) is 36.3 Å². The minimum atomic E-state index is -2.22. The van der Waals surface area contributed by atoms with E-state index in [4.69, 9.17) is 51.5 Å². The largest absolute Gasteiger partial charge is 0.497 e. The molecule has 0 saturated carbocycles. The van der Waals surface area contributed by atoms with Crippen LogP contribution < -0.4 is 9.47 Å². The van der Waals surface area contributed by atoms with Crippen molar-refractivity contribution < 1.29 is 71.3 Å². The molecule has 3 saturated heterocycles. The van der Waals surface area contributed by atoms with Crippen LogP contribution in [0.3, 0.4) is 0 Å². The summed E-state index contributed by atoms with van der Waals surface area (Å²) >= 11 is 0. The lowest BCUT2D eigenvalue weighted by Gasteiger charge is -2.56. The van der Waals surface area contributed by atoms with Crippen LogP contribution >= 0.6 is 0 Å². The van der Waals surface area contributed by atoms with E-state index in [1.54, 1.807) is 21.3 Å². The molecular formula is C61H100O15Si2. The first-order valence-electron chi connectivity index (χ1n) is 29.1. The molecule has 15 nitrogen and oxygen atoms in total. The number of carboxylic acids is 1. The molecule has 11 atom stereocenters. The highest BCUT2D eigenvalue weighted by Crippen LogP contribution is 2.52. The van der Waals surface area contributed by atoms with E-state index in [1.165, 1.54) is 7.11 Å². The Balaban J connectivity index is 1.45. The minimum absolute atomic E-state index is 0.133. The van der Waals surface area contributed by atoms with Gasteiger partial charge in [0.2, 0.25) is 5.79 Å². The fourth-order valence-electron chi connectivity index (χ4n) is 12.2. The van der Waals surface area contributed by atoms with Gasteiger partial charge in [-0.05, 0) is 97.8 Å². The zero-order valence-electron chi connectivity index (χ0n) is 50.2. The standard InChI is InChI=1S/C61H100O15Si2/c1-16-77(17-2,18-3)75-51-34-48(32-33-58(8,9)61(69-15)55(63)31-30-49(74-61)37-54(62)43(7)70-41-44-22-26-46(66-12)27-23-44)72-53(36-51)40-60(68-14)59(10,11)56(71-42-45-24-28-47(67-13)29-25-45)38-50(73-60)35-52(39-57(64)65)76-78(19-4,20-5)21-6/h22-29,32-33,43,48-54,56,62H,16-21,30-31,34-42H2,1-15H3,(H,64,65)/b33-32+/t43-,48+,49+,50-,51-,52-,53+,54-,56+,60+,61-/m1/s1. The van der Waals surface area contributed by atoms with Gasteiger partial charge in [-0.3, -0.25) is 9.59 Å². The average molecular weight is 1130 g/mol. The number of carbonyl (C=O) groups excluding carboxylic acids is 1. The lowest BCUT2D eigenvalue weighted by atomic mass is 9.70. The van der Waals surface area contributed by atoms with Crippen LogP contribution in [0.25, 0.3) is 0 Å². The van der Waals surface area contributed by atoms with Crippen LogP contribution in [-0.4, -0.2) is 134 Å². The van der Waals surface area contributed by atoms with E-state index in [9.17, 15) is 19.8 Å². The van der Waals surface area contributed by atoms with E-state index in [1.807, 2.05) is 81.5 Å². The molecule has 0 aromatic heterocycles. The molecule has 17 heteroatoms. The van der Waals surface area contributed by atoms with Crippen molar-refractivity contribution in [2.24, 2.45) is 10.8 Å². The summed E-state index contributed by atoms with van der Waals surface area (Å²) in [6.45, 7) is 23.8. The Bertz CT molecular complexity index is 2150. The molecular weight excluding hydrogens is 1030 g/mol. The summed E-state index contributed by atoms with van der Waals surface area (Å²) < 4.78 is 72.2. The highest BCUT2D eigenvalue weighted by Gasteiger charge is 2.59. The van der Waals surface area contributed by atoms with Gasteiger partial charge in [-0.2, -0.15) is 0 Å². The molecule has 0 amide bonds. The molecule has 0 unspecified atom stereocenters. The van der Waals surface area contributed by atoms with Gasteiger partial charge in [0.05, 0.1) is 88.8 Å². The third-order valence-corrected chi connectivity index (χ3v) is 27.4. The monoisotopic (exact) mass is 1130 g/mol. The summed E-state index contributed by atoms with van der Waals surface area (Å²) in [4.78, 5) is 26.7. The summed E-state index contributed by atoms with van der Waals surface area (Å²) in [5, 5.41) is 21.6. The number of aliphatic hydroxyl groups is 1. The van der Waals surface area contributed by atoms with Crippen LogP contribution in [0.4, 0.5) is 0 Å². The van der Waals surface area contributed by atoms with Gasteiger partial charge in [0.25, 0.3) is 0 Å². The number of hydrogen-bond donors (Lipinski definition) is 2. The second-order valence-electron chi connectivity index (χ2n) is 23.3.